The summed E-state index contributed by atoms with van der Waals surface area (Å²) in [5.74, 6) is -0.455. The molecule has 4 N–H and O–H groups in total. The van der Waals surface area contributed by atoms with E-state index in [4.69, 9.17) is 5.73 Å². The quantitative estimate of drug-likeness (QED) is 0.583. The second-order valence-corrected chi connectivity index (χ2v) is 5.43. The van der Waals surface area contributed by atoms with Crippen LogP contribution in [0, 0.1) is 5.41 Å². The van der Waals surface area contributed by atoms with Gasteiger partial charge in [0.25, 0.3) is 0 Å². The van der Waals surface area contributed by atoms with E-state index in [1.807, 2.05) is 6.92 Å². The van der Waals surface area contributed by atoms with Gasteiger partial charge in [0, 0.05) is 32.7 Å². The zero-order chi connectivity index (χ0) is 13.8. The summed E-state index contributed by atoms with van der Waals surface area (Å²) < 4.78 is 0. The van der Waals surface area contributed by atoms with Crippen LogP contribution >= 0.6 is 0 Å². The van der Waals surface area contributed by atoms with Gasteiger partial charge in [-0.25, -0.2) is 0 Å². The maximum atomic E-state index is 12.0. The van der Waals surface area contributed by atoms with E-state index < -0.39 is 11.3 Å². The third kappa shape index (κ3) is 3.96. The number of nitrogens with zero attached hydrogens (tertiary/aromatic N) is 1. The Morgan fingerprint density at radius 3 is 2.44 bits per heavy atom. The highest BCUT2D eigenvalue weighted by Crippen LogP contribution is 2.12. The standard InChI is InChI=1S/C12H24N4O2/c1-9(16-6-4-14-5-7-16)10(17)15-8-12(2,3)11(13)18/h9,14H,4-8H2,1-3H3,(H2,13,18)(H,15,17). The van der Waals surface area contributed by atoms with E-state index >= 15 is 0 Å². The maximum Gasteiger partial charge on any atom is 0.237 e. The molecule has 104 valence electrons. The predicted octanol–water partition coefficient (Wildman–Crippen LogP) is -1.09. The van der Waals surface area contributed by atoms with Crippen molar-refractivity contribution in [3.05, 3.63) is 0 Å². The summed E-state index contributed by atoms with van der Waals surface area (Å²) in [5, 5.41) is 6.04. The summed E-state index contributed by atoms with van der Waals surface area (Å²) in [7, 11) is 0. The Hall–Kier alpha value is -1.14. The Morgan fingerprint density at radius 1 is 1.39 bits per heavy atom. The fraction of sp³-hybridized carbons (Fsp3) is 0.833. The van der Waals surface area contributed by atoms with Crippen LogP contribution in [0.2, 0.25) is 0 Å². The zero-order valence-corrected chi connectivity index (χ0v) is 11.5. The molecule has 6 nitrogen and oxygen atoms in total. The number of amides is 2. The van der Waals surface area contributed by atoms with Gasteiger partial charge in [0.2, 0.25) is 11.8 Å². The summed E-state index contributed by atoms with van der Waals surface area (Å²) in [6.07, 6.45) is 0. The minimum atomic E-state index is -0.709. The molecular formula is C12H24N4O2. The molecule has 2 amide bonds. The molecule has 0 aliphatic carbocycles. The fourth-order valence-corrected chi connectivity index (χ4v) is 1.78. The number of rotatable bonds is 5. The average Bonchev–Trinajstić information content (AvgIpc) is 2.36. The van der Waals surface area contributed by atoms with Crippen LogP contribution in [-0.2, 0) is 9.59 Å². The van der Waals surface area contributed by atoms with Crippen molar-refractivity contribution in [2.75, 3.05) is 32.7 Å². The summed E-state index contributed by atoms with van der Waals surface area (Å²) in [6.45, 7) is 9.17. The van der Waals surface area contributed by atoms with Crippen LogP contribution in [0.4, 0.5) is 0 Å². The van der Waals surface area contributed by atoms with Crippen LogP contribution < -0.4 is 16.4 Å². The van der Waals surface area contributed by atoms with Gasteiger partial charge in [0.15, 0.2) is 0 Å². The second-order valence-electron chi connectivity index (χ2n) is 5.43. The number of hydrogen-bond acceptors (Lipinski definition) is 4. The topological polar surface area (TPSA) is 87.5 Å². The molecule has 0 saturated carbocycles. The first-order valence-electron chi connectivity index (χ1n) is 6.37. The number of hydrogen-bond donors (Lipinski definition) is 3. The summed E-state index contributed by atoms with van der Waals surface area (Å²) in [6, 6.07) is -0.171. The van der Waals surface area contributed by atoms with Crippen LogP contribution in [0.25, 0.3) is 0 Å². The van der Waals surface area contributed by atoms with Gasteiger partial charge in [-0.05, 0) is 20.8 Å². The van der Waals surface area contributed by atoms with Gasteiger partial charge >= 0.3 is 0 Å². The van der Waals surface area contributed by atoms with Gasteiger partial charge in [-0.3, -0.25) is 14.5 Å². The monoisotopic (exact) mass is 256 g/mol. The average molecular weight is 256 g/mol. The predicted molar refractivity (Wildman–Crippen MR) is 69.9 cm³/mol. The van der Waals surface area contributed by atoms with Crippen molar-refractivity contribution in [2.45, 2.75) is 26.8 Å². The molecule has 1 heterocycles. The van der Waals surface area contributed by atoms with Crippen LogP contribution in [0.1, 0.15) is 20.8 Å². The molecule has 1 rings (SSSR count). The minimum absolute atomic E-state index is 0.0498. The molecule has 1 saturated heterocycles. The van der Waals surface area contributed by atoms with Crippen molar-refractivity contribution >= 4 is 11.8 Å². The molecule has 0 aromatic rings. The van der Waals surface area contributed by atoms with E-state index in [0.717, 1.165) is 26.2 Å². The van der Waals surface area contributed by atoms with Crippen LogP contribution in [0.15, 0.2) is 0 Å². The number of nitrogens with one attached hydrogen (secondary N) is 2. The van der Waals surface area contributed by atoms with Gasteiger partial charge in [0.05, 0.1) is 11.5 Å². The molecule has 6 heteroatoms. The van der Waals surface area contributed by atoms with Crippen LogP contribution in [0.5, 0.6) is 0 Å². The van der Waals surface area contributed by atoms with Crippen LogP contribution in [-0.4, -0.2) is 55.5 Å². The smallest absolute Gasteiger partial charge is 0.237 e. The van der Waals surface area contributed by atoms with Crippen molar-refractivity contribution in [1.82, 2.24) is 15.5 Å². The molecule has 1 aliphatic heterocycles. The number of carbonyl (C=O) groups is 2. The van der Waals surface area contributed by atoms with Crippen molar-refractivity contribution in [1.29, 1.82) is 0 Å². The zero-order valence-electron chi connectivity index (χ0n) is 11.5. The summed E-state index contributed by atoms with van der Waals surface area (Å²) in [4.78, 5) is 25.3. The number of primary amides is 1. The molecule has 0 bridgehead atoms. The minimum Gasteiger partial charge on any atom is -0.369 e. The number of piperazine rings is 1. The lowest BCUT2D eigenvalue weighted by Gasteiger charge is -2.32. The SMILES string of the molecule is CC(C(=O)NCC(C)(C)C(N)=O)N1CCNCC1. The lowest BCUT2D eigenvalue weighted by Crippen LogP contribution is -2.54. The highest BCUT2D eigenvalue weighted by Gasteiger charge is 2.28. The van der Waals surface area contributed by atoms with Crippen molar-refractivity contribution < 1.29 is 9.59 Å². The Labute approximate surface area is 108 Å². The lowest BCUT2D eigenvalue weighted by atomic mass is 9.92. The Kier molecular flexibility index (Phi) is 5.10. The Morgan fingerprint density at radius 2 is 1.94 bits per heavy atom. The molecule has 1 fully saturated rings. The van der Waals surface area contributed by atoms with Crippen molar-refractivity contribution in [3.8, 4) is 0 Å². The van der Waals surface area contributed by atoms with Gasteiger partial charge in [-0.1, -0.05) is 0 Å². The summed E-state index contributed by atoms with van der Waals surface area (Å²) >= 11 is 0. The third-order valence-electron chi connectivity index (χ3n) is 3.45. The van der Waals surface area contributed by atoms with Crippen molar-refractivity contribution in [2.24, 2.45) is 11.1 Å². The Bertz CT molecular complexity index is 311. The van der Waals surface area contributed by atoms with E-state index in [0.29, 0.717) is 0 Å². The largest absolute Gasteiger partial charge is 0.369 e. The molecule has 0 aromatic heterocycles. The first-order chi connectivity index (χ1) is 8.34. The molecule has 1 aliphatic rings. The van der Waals surface area contributed by atoms with E-state index in [-0.39, 0.29) is 18.5 Å². The van der Waals surface area contributed by atoms with E-state index in [9.17, 15) is 9.59 Å². The molecule has 0 radical (unpaired) electrons. The normalized spacial score (nSPS) is 19.3. The van der Waals surface area contributed by atoms with Gasteiger partial charge in [-0.15, -0.1) is 0 Å². The number of nitrogens with two attached hydrogens (primary N) is 1. The molecule has 0 spiro atoms. The van der Waals surface area contributed by atoms with E-state index in [2.05, 4.69) is 15.5 Å². The van der Waals surface area contributed by atoms with Crippen molar-refractivity contribution in [3.63, 3.8) is 0 Å². The summed E-state index contributed by atoms with van der Waals surface area (Å²) in [5.41, 5.74) is 4.56. The Balaban J connectivity index is 2.42. The van der Waals surface area contributed by atoms with Gasteiger partial charge in [0.1, 0.15) is 0 Å². The molecule has 1 unspecified atom stereocenters. The fourth-order valence-electron chi connectivity index (χ4n) is 1.78. The van der Waals surface area contributed by atoms with E-state index in [1.165, 1.54) is 0 Å². The maximum absolute atomic E-state index is 12.0. The first kappa shape index (κ1) is 14.9. The second kappa shape index (κ2) is 6.15. The van der Waals surface area contributed by atoms with Gasteiger partial charge < -0.3 is 16.4 Å². The van der Waals surface area contributed by atoms with Gasteiger partial charge in [-0.2, -0.15) is 0 Å². The van der Waals surface area contributed by atoms with Crippen LogP contribution in [0.3, 0.4) is 0 Å². The molecular weight excluding hydrogens is 232 g/mol. The molecule has 18 heavy (non-hydrogen) atoms. The molecule has 0 aromatic carbocycles. The highest BCUT2D eigenvalue weighted by molar-refractivity contribution is 5.84. The number of carbonyl (C=O) groups excluding carboxylic acids is 2. The first-order valence-corrected chi connectivity index (χ1v) is 6.37. The lowest BCUT2D eigenvalue weighted by molar-refractivity contribution is -0.129. The van der Waals surface area contributed by atoms with E-state index in [1.54, 1.807) is 13.8 Å². The molecule has 1 atom stereocenters. The highest BCUT2D eigenvalue weighted by atomic mass is 16.2. The third-order valence-corrected chi connectivity index (χ3v) is 3.45.